The van der Waals surface area contributed by atoms with E-state index in [4.69, 9.17) is 16.4 Å². The van der Waals surface area contributed by atoms with Crippen molar-refractivity contribution in [2.75, 3.05) is 0 Å². The smallest absolute Gasteiger partial charge is 0.391 e. The van der Waals surface area contributed by atoms with Crippen LogP contribution in [0.15, 0.2) is 41.6 Å². The molecule has 0 aliphatic carbocycles. The monoisotopic (exact) mass is 491 g/mol. The van der Waals surface area contributed by atoms with E-state index in [1.165, 1.54) is 0 Å². The van der Waals surface area contributed by atoms with Crippen molar-refractivity contribution in [2.24, 2.45) is 5.16 Å². The molecule has 0 fully saturated rings. The Balaban J connectivity index is 2.41. The lowest BCUT2D eigenvalue weighted by Gasteiger charge is -2.16. The summed E-state index contributed by atoms with van der Waals surface area (Å²) >= 11 is 5.78. The van der Waals surface area contributed by atoms with E-state index in [9.17, 15) is 39.5 Å². The fourth-order valence-corrected chi connectivity index (χ4v) is 2.96. The lowest BCUT2D eigenvalue weighted by atomic mass is 9.99. The Hall–Kier alpha value is -2.43. The zero-order valence-electron chi connectivity index (χ0n) is 16.2. The molecule has 0 saturated carbocycles. The summed E-state index contributed by atoms with van der Waals surface area (Å²) in [7, 11) is 0. The van der Waals surface area contributed by atoms with Gasteiger partial charge in [-0.1, -0.05) is 36.2 Å². The third-order valence-electron chi connectivity index (χ3n) is 4.22. The highest BCUT2D eigenvalue weighted by molar-refractivity contribution is 6.31. The lowest BCUT2D eigenvalue weighted by Crippen LogP contribution is -2.15. The van der Waals surface area contributed by atoms with E-state index in [0.29, 0.717) is 18.6 Å². The van der Waals surface area contributed by atoms with E-state index in [2.05, 4.69) is 5.16 Å². The second-order valence-corrected chi connectivity index (χ2v) is 7.05. The predicted octanol–water partition coefficient (Wildman–Crippen LogP) is 8.12. The van der Waals surface area contributed by atoms with Crippen LogP contribution in [0, 0.1) is 0 Å². The van der Waals surface area contributed by atoms with Crippen LogP contribution in [0.2, 0.25) is 5.02 Å². The molecule has 0 N–H and O–H groups in total. The van der Waals surface area contributed by atoms with Gasteiger partial charge in [-0.25, -0.2) is 0 Å². The molecule has 2 nitrogen and oxygen atoms in total. The number of oxime groups is 1. The van der Waals surface area contributed by atoms with Crippen LogP contribution in [0.4, 0.5) is 39.5 Å². The SMILES string of the molecule is CCCC(=NOCc1ccc(C(F)(F)F)cc1C(F)(F)F)c1cc(Cl)ccc1C(F)(F)F. The first-order chi connectivity index (χ1) is 14.6. The summed E-state index contributed by atoms with van der Waals surface area (Å²) in [5.41, 5.74) is -5.44. The third kappa shape index (κ3) is 6.54. The summed E-state index contributed by atoms with van der Waals surface area (Å²) in [5, 5.41) is 3.53. The topological polar surface area (TPSA) is 21.6 Å². The fourth-order valence-electron chi connectivity index (χ4n) is 2.79. The molecule has 12 heteroatoms. The zero-order chi connectivity index (χ0) is 24.3. The molecule has 0 saturated heterocycles. The van der Waals surface area contributed by atoms with Crippen LogP contribution in [0.1, 0.15) is 47.6 Å². The first-order valence-corrected chi connectivity index (χ1v) is 9.35. The molecule has 176 valence electrons. The Labute approximate surface area is 181 Å². The Morgan fingerprint density at radius 3 is 2.00 bits per heavy atom. The molecule has 0 aliphatic rings. The Kier molecular flexibility index (Phi) is 7.75. The molecule has 0 heterocycles. The van der Waals surface area contributed by atoms with Crippen molar-refractivity contribution < 1.29 is 44.4 Å². The number of hydrogen-bond donors (Lipinski definition) is 0. The van der Waals surface area contributed by atoms with Crippen molar-refractivity contribution in [1.82, 2.24) is 0 Å². The maximum absolute atomic E-state index is 13.3. The first kappa shape index (κ1) is 25.8. The van der Waals surface area contributed by atoms with Crippen molar-refractivity contribution in [3.05, 3.63) is 69.2 Å². The normalized spacial score (nSPS) is 13.4. The van der Waals surface area contributed by atoms with Gasteiger partial charge in [-0.15, -0.1) is 0 Å². The number of nitrogens with zero attached hydrogens (tertiary/aromatic N) is 1. The minimum absolute atomic E-state index is 0.0252. The van der Waals surface area contributed by atoms with E-state index >= 15 is 0 Å². The number of rotatable bonds is 6. The summed E-state index contributed by atoms with van der Waals surface area (Å²) < 4.78 is 118. The molecule has 0 spiro atoms. The Morgan fingerprint density at radius 2 is 1.47 bits per heavy atom. The lowest BCUT2D eigenvalue weighted by molar-refractivity contribution is -0.144. The van der Waals surface area contributed by atoms with Gasteiger partial charge in [0.05, 0.1) is 22.4 Å². The van der Waals surface area contributed by atoms with Gasteiger partial charge in [-0.2, -0.15) is 39.5 Å². The highest BCUT2D eigenvalue weighted by Gasteiger charge is 2.38. The zero-order valence-corrected chi connectivity index (χ0v) is 17.0. The van der Waals surface area contributed by atoms with Gasteiger partial charge in [0, 0.05) is 16.1 Å². The predicted molar refractivity (Wildman–Crippen MR) is 99.1 cm³/mol. The maximum Gasteiger partial charge on any atom is 0.417 e. The third-order valence-corrected chi connectivity index (χ3v) is 4.46. The van der Waals surface area contributed by atoms with E-state index in [0.717, 1.165) is 18.2 Å². The van der Waals surface area contributed by atoms with Crippen LogP contribution >= 0.6 is 11.6 Å². The minimum Gasteiger partial charge on any atom is -0.391 e. The van der Waals surface area contributed by atoms with Gasteiger partial charge in [0.25, 0.3) is 0 Å². The molecule has 0 aromatic heterocycles. The summed E-state index contributed by atoms with van der Waals surface area (Å²) in [6, 6.07) is 3.73. The van der Waals surface area contributed by atoms with Gasteiger partial charge in [-0.3, -0.25) is 0 Å². The van der Waals surface area contributed by atoms with E-state index in [1.54, 1.807) is 6.92 Å². The molecule has 0 amide bonds. The van der Waals surface area contributed by atoms with E-state index in [1.807, 2.05) is 0 Å². The Bertz CT molecular complexity index is 979. The number of hydrogen-bond acceptors (Lipinski definition) is 2. The second-order valence-electron chi connectivity index (χ2n) is 6.62. The Morgan fingerprint density at radius 1 is 0.844 bits per heavy atom. The summed E-state index contributed by atoms with van der Waals surface area (Å²) in [4.78, 5) is 4.85. The fraction of sp³-hybridized carbons (Fsp3) is 0.350. The van der Waals surface area contributed by atoms with Gasteiger partial charge in [0.1, 0.15) is 6.61 Å². The molecule has 2 rings (SSSR count). The molecule has 32 heavy (non-hydrogen) atoms. The molecule has 0 unspecified atom stereocenters. The molecular weight excluding hydrogens is 477 g/mol. The van der Waals surface area contributed by atoms with Gasteiger partial charge in [0.2, 0.25) is 0 Å². The highest BCUT2D eigenvalue weighted by atomic mass is 35.5. The van der Waals surface area contributed by atoms with Crippen molar-refractivity contribution in [2.45, 2.75) is 44.9 Å². The summed E-state index contributed by atoms with van der Waals surface area (Å²) in [6.07, 6.45) is -14.6. The van der Waals surface area contributed by atoms with Crippen molar-refractivity contribution in [3.8, 4) is 0 Å². The second kappa shape index (κ2) is 9.60. The first-order valence-electron chi connectivity index (χ1n) is 8.97. The van der Waals surface area contributed by atoms with E-state index < -0.39 is 53.0 Å². The molecular formula is C20H15ClF9NO. The van der Waals surface area contributed by atoms with Crippen LogP contribution < -0.4 is 0 Å². The largest absolute Gasteiger partial charge is 0.417 e. The van der Waals surface area contributed by atoms with Crippen LogP contribution in [0.3, 0.4) is 0 Å². The van der Waals surface area contributed by atoms with Crippen molar-refractivity contribution in [1.29, 1.82) is 0 Å². The molecule has 2 aromatic carbocycles. The van der Waals surface area contributed by atoms with Crippen LogP contribution in [0.5, 0.6) is 0 Å². The van der Waals surface area contributed by atoms with Gasteiger partial charge < -0.3 is 4.84 Å². The highest BCUT2D eigenvalue weighted by Crippen LogP contribution is 2.38. The van der Waals surface area contributed by atoms with Gasteiger partial charge in [0.15, 0.2) is 0 Å². The molecule has 0 bridgehead atoms. The van der Waals surface area contributed by atoms with Crippen LogP contribution in [-0.2, 0) is 30.0 Å². The summed E-state index contributed by atoms with van der Waals surface area (Å²) in [5.74, 6) is 0. The quantitative estimate of drug-likeness (QED) is 0.227. The molecule has 0 aliphatic heterocycles. The number of alkyl halides is 9. The number of halogens is 10. The van der Waals surface area contributed by atoms with Crippen LogP contribution in [-0.4, -0.2) is 5.71 Å². The minimum atomic E-state index is -5.12. The summed E-state index contributed by atoms with van der Waals surface area (Å²) in [6.45, 7) is 0.715. The van der Waals surface area contributed by atoms with Gasteiger partial charge in [-0.05, 0) is 36.8 Å². The van der Waals surface area contributed by atoms with Crippen LogP contribution in [0.25, 0.3) is 0 Å². The molecule has 0 radical (unpaired) electrons. The molecule has 2 aromatic rings. The van der Waals surface area contributed by atoms with Crippen molar-refractivity contribution >= 4 is 17.3 Å². The standard InChI is InChI=1S/C20H15ClF9NO/c1-2-3-17(14-9-13(21)6-7-15(14)19(25,26)27)31-32-10-11-4-5-12(18(22,23)24)8-16(11)20(28,29)30/h4-9H,2-3,10H2,1H3. The molecule has 0 atom stereocenters. The van der Waals surface area contributed by atoms with Crippen molar-refractivity contribution in [3.63, 3.8) is 0 Å². The number of benzene rings is 2. The maximum atomic E-state index is 13.3. The van der Waals surface area contributed by atoms with Gasteiger partial charge >= 0.3 is 18.5 Å². The average molecular weight is 492 g/mol. The average Bonchev–Trinajstić information content (AvgIpc) is 2.64. The van der Waals surface area contributed by atoms with E-state index in [-0.39, 0.29) is 23.2 Å².